The van der Waals surface area contributed by atoms with Crippen molar-refractivity contribution in [3.05, 3.63) is 77.6 Å². The molecule has 0 spiro atoms. The molecule has 3 aromatic rings. The van der Waals surface area contributed by atoms with Crippen molar-refractivity contribution in [1.29, 1.82) is 0 Å². The van der Waals surface area contributed by atoms with Gasteiger partial charge in [-0.1, -0.05) is 42.5 Å². The van der Waals surface area contributed by atoms with Gasteiger partial charge in [0.25, 0.3) is 0 Å². The van der Waals surface area contributed by atoms with E-state index < -0.39 is 5.91 Å². The zero-order valence-corrected chi connectivity index (χ0v) is 17.1. The third kappa shape index (κ3) is 4.96. The average molecular weight is 405 g/mol. The lowest BCUT2D eigenvalue weighted by atomic mass is 9.90. The first-order valence-electron chi connectivity index (χ1n) is 10.5. The molecule has 1 aliphatic rings. The molecule has 2 aromatic carbocycles. The van der Waals surface area contributed by atoms with Gasteiger partial charge in [0.1, 0.15) is 0 Å². The highest BCUT2D eigenvalue weighted by molar-refractivity contribution is 5.94. The third-order valence-electron chi connectivity index (χ3n) is 5.70. The molecule has 1 amide bonds. The van der Waals surface area contributed by atoms with Gasteiger partial charge in [0.2, 0.25) is 5.91 Å². The number of nitrogens with two attached hydrogens (primary N) is 1. The summed E-state index contributed by atoms with van der Waals surface area (Å²) in [5, 5.41) is 7.51. The van der Waals surface area contributed by atoms with Gasteiger partial charge in [0.05, 0.1) is 19.4 Å². The Morgan fingerprint density at radius 1 is 1.20 bits per heavy atom. The van der Waals surface area contributed by atoms with Crippen LogP contribution in [0.25, 0.3) is 11.1 Å². The second kappa shape index (κ2) is 9.69. The van der Waals surface area contributed by atoms with Gasteiger partial charge in [-0.3, -0.25) is 9.89 Å². The highest BCUT2D eigenvalue weighted by Gasteiger charge is 2.25. The Hall–Kier alpha value is -2.96. The molecule has 30 heavy (non-hydrogen) atoms. The number of rotatable bonds is 8. The average Bonchev–Trinajstić information content (AvgIpc) is 3.28. The van der Waals surface area contributed by atoms with Gasteiger partial charge >= 0.3 is 0 Å². The molecule has 0 aliphatic carbocycles. The van der Waals surface area contributed by atoms with E-state index in [1.165, 1.54) is 5.56 Å². The first-order valence-corrected chi connectivity index (χ1v) is 10.5. The molecule has 6 heteroatoms. The molecule has 1 aromatic heterocycles. The number of aromatic amines is 1. The van der Waals surface area contributed by atoms with Crippen molar-refractivity contribution in [2.24, 2.45) is 5.73 Å². The number of hydrogen-bond donors (Lipinski definition) is 2. The molecule has 1 aliphatic heterocycles. The lowest BCUT2D eigenvalue weighted by molar-refractivity contribution is 0.0827. The van der Waals surface area contributed by atoms with Crippen molar-refractivity contribution < 1.29 is 9.53 Å². The fourth-order valence-electron chi connectivity index (χ4n) is 4.13. The quantitative estimate of drug-likeness (QED) is 0.562. The molecule has 0 unspecified atom stereocenters. The van der Waals surface area contributed by atoms with E-state index in [1.807, 2.05) is 42.6 Å². The van der Waals surface area contributed by atoms with Gasteiger partial charge in [-0.15, -0.1) is 0 Å². The molecule has 4 rings (SSSR count). The Morgan fingerprint density at radius 2 is 2.07 bits per heavy atom. The number of piperidine rings is 1. The van der Waals surface area contributed by atoms with Crippen LogP contribution in [-0.2, 0) is 11.3 Å². The fraction of sp³-hybridized carbons (Fsp3) is 0.333. The van der Waals surface area contributed by atoms with Crippen molar-refractivity contribution in [3.8, 4) is 11.1 Å². The summed E-state index contributed by atoms with van der Waals surface area (Å²) in [6.45, 7) is 4.35. The largest absolute Gasteiger partial charge is 0.375 e. The monoisotopic (exact) mass is 404 g/mol. The lowest BCUT2D eigenvalue weighted by Crippen LogP contribution is -2.36. The number of amides is 1. The van der Waals surface area contributed by atoms with Crippen LogP contribution in [0.4, 0.5) is 0 Å². The molecule has 2 heterocycles. The third-order valence-corrected chi connectivity index (χ3v) is 5.70. The predicted octanol–water partition coefficient (Wildman–Crippen LogP) is 3.57. The Bertz CT molecular complexity index is 970. The van der Waals surface area contributed by atoms with Gasteiger partial charge in [0.15, 0.2) is 0 Å². The Balaban J connectivity index is 1.36. The summed E-state index contributed by atoms with van der Waals surface area (Å²) in [4.78, 5) is 14.0. The van der Waals surface area contributed by atoms with Crippen LogP contribution in [0.15, 0.2) is 60.8 Å². The van der Waals surface area contributed by atoms with Crippen LogP contribution in [0.1, 0.15) is 40.4 Å². The van der Waals surface area contributed by atoms with Crippen molar-refractivity contribution in [1.82, 2.24) is 15.1 Å². The number of nitrogens with one attached hydrogen (secondary N) is 1. The van der Waals surface area contributed by atoms with E-state index in [2.05, 4.69) is 27.2 Å². The first-order chi connectivity index (χ1) is 14.7. The molecule has 3 N–H and O–H groups in total. The van der Waals surface area contributed by atoms with E-state index >= 15 is 0 Å². The number of ether oxygens (including phenoxy) is 1. The number of likely N-dealkylation sites (tertiary alicyclic amines) is 1. The van der Waals surface area contributed by atoms with E-state index in [9.17, 15) is 4.79 Å². The highest BCUT2D eigenvalue weighted by Crippen LogP contribution is 2.33. The van der Waals surface area contributed by atoms with Gasteiger partial charge in [-0.2, -0.15) is 5.10 Å². The van der Waals surface area contributed by atoms with Crippen LogP contribution in [0.3, 0.4) is 0 Å². The number of aromatic nitrogens is 2. The molecular weight excluding hydrogens is 376 g/mol. The Kier molecular flexibility index (Phi) is 6.57. The van der Waals surface area contributed by atoms with Gasteiger partial charge in [0, 0.05) is 35.8 Å². The van der Waals surface area contributed by atoms with Crippen LogP contribution in [0.5, 0.6) is 0 Å². The molecule has 0 radical (unpaired) electrons. The summed E-state index contributed by atoms with van der Waals surface area (Å²) in [5.74, 6) is -0.0381. The Morgan fingerprint density at radius 3 is 2.90 bits per heavy atom. The topological polar surface area (TPSA) is 84.2 Å². The van der Waals surface area contributed by atoms with Crippen LogP contribution in [0, 0.1) is 0 Å². The maximum absolute atomic E-state index is 11.5. The van der Waals surface area contributed by atoms with Crippen LogP contribution in [-0.4, -0.2) is 47.2 Å². The summed E-state index contributed by atoms with van der Waals surface area (Å²) in [6, 6.07) is 17.7. The minimum Gasteiger partial charge on any atom is -0.375 e. The van der Waals surface area contributed by atoms with Crippen molar-refractivity contribution in [3.63, 3.8) is 0 Å². The van der Waals surface area contributed by atoms with Crippen LogP contribution < -0.4 is 5.73 Å². The SMILES string of the molecule is NC(=O)c1cccc(-c2cn[nH]c2[C@@H]2CCCN(CCOCc3ccccc3)C2)c1. The van der Waals surface area contributed by atoms with E-state index in [0.717, 1.165) is 55.9 Å². The predicted molar refractivity (Wildman–Crippen MR) is 117 cm³/mol. The molecule has 6 nitrogen and oxygen atoms in total. The lowest BCUT2D eigenvalue weighted by Gasteiger charge is -2.32. The summed E-state index contributed by atoms with van der Waals surface area (Å²) >= 11 is 0. The minimum atomic E-state index is -0.416. The van der Waals surface area contributed by atoms with Gasteiger partial charge in [-0.05, 0) is 42.6 Å². The van der Waals surface area contributed by atoms with Crippen molar-refractivity contribution in [2.75, 3.05) is 26.2 Å². The standard InChI is InChI=1S/C24H28N4O2/c25-24(29)20-9-4-8-19(14-20)22-15-26-27-23(22)21-10-5-11-28(16-21)12-13-30-17-18-6-2-1-3-7-18/h1-4,6-9,14-15,21H,5,10-13,16-17H2,(H2,25,29)(H,26,27)/t21-/m1/s1. The summed E-state index contributed by atoms with van der Waals surface area (Å²) in [6.07, 6.45) is 4.10. The zero-order valence-electron chi connectivity index (χ0n) is 17.1. The normalized spacial score (nSPS) is 17.1. The van der Waals surface area contributed by atoms with Crippen LogP contribution >= 0.6 is 0 Å². The number of hydrogen-bond acceptors (Lipinski definition) is 4. The van der Waals surface area contributed by atoms with Gasteiger partial charge in [-0.25, -0.2) is 0 Å². The number of carbonyl (C=O) groups excluding carboxylic acids is 1. The smallest absolute Gasteiger partial charge is 0.248 e. The second-order valence-corrected chi connectivity index (χ2v) is 7.82. The van der Waals surface area contributed by atoms with Crippen molar-refractivity contribution in [2.45, 2.75) is 25.4 Å². The van der Waals surface area contributed by atoms with Crippen molar-refractivity contribution >= 4 is 5.91 Å². The molecule has 0 bridgehead atoms. The summed E-state index contributed by atoms with van der Waals surface area (Å²) in [7, 11) is 0. The van der Waals surface area contributed by atoms with E-state index in [-0.39, 0.29) is 0 Å². The second-order valence-electron chi connectivity index (χ2n) is 7.82. The molecule has 1 atom stereocenters. The number of benzene rings is 2. The summed E-state index contributed by atoms with van der Waals surface area (Å²) < 4.78 is 5.87. The van der Waals surface area contributed by atoms with E-state index in [0.29, 0.717) is 18.1 Å². The summed E-state index contributed by atoms with van der Waals surface area (Å²) in [5.41, 5.74) is 10.3. The number of nitrogens with zero attached hydrogens (tertiary/aromatic N) is 2. The molecule has 0 saturated carbocycles. The highest BCUT2D eigenvalue weighted by atomic mass is 16.5. The minimum absolute atomic E-state index is 0.377. The number of primary amides is 1. The number of H-pyrrole nitrogens is 1. The first kappa shape index (κ1) is 20.3. The van der Waals surface area contributed by atoms with E-state index in [4.69, 9.17) is 10.5 Å². The maximum Gasteiger partial charge on any atom is 0.248 e. The van der Waals surface area contributed by atoms with E-state index in [1.54, 1.807) is 6.07 Å². The molecule has 1 fully saturated rings. The molecule has 1 saturated heterocycles. The van der Waals surface area contributed by atoms with Gasteiger partial charge < -0.3 is 15.4 Å². The molecule has 156 valence electrons. The number of carbonyl (C=O) groups is 1. The zero-order chi connectivity index (χ0) is 20.8. The Labute approximate surface area is 177 Å². The molecular formula is C24H28N4O2. The fourth-order valence-corrected chi connectivity index (χ4v) is 4.13. The van der Waals surface area contributed by atoms with Crippen LogP contribution in [0.2, 0.25) is 0 Å². The maximum atomic E-state index is 11.5.